The van der Waals surface area contributed by atoms with Crippen LogP contribution in [0.3, 0.4) is 0 Å². The number of furan rings is 1. The van der Waals surface area contributed by atoms with Crippen LogP contribution in [0, 0.1) is 6.92 Å². The third-order valence-corrected chi connectivity index (χ3v) is 3.57. The standard InChI is InChI=1S/C15H19N3O5/c1-9-11(15(21)22-4)7-10(23-9)8-17(2)14(20)12-5-6-13(19)18(3)16-12/h7H,5-6,8H2,1-4H3. The Morgan fingerprint density at radius 3 is 2.74 bits per heavy atom. The first-order chi connectivity index (χ1) is 10.8. The molecule has 0 saturated carbocycles. The maximum atomic E-state index is 12.4. The quantitative estimate of drug-likeness (QED) is 0.770. The van der Waals surface area contributed by atoms with E-state index < -0.39 is 5.97 Å². The van der Waals surface area contributed by atoms with Crippen molar-refractivity contribution < 1.29 is 23.5 Å². The summed E-state index contributed by atoms with van der Waals surface area (Å²) in [7, 11) is 4.42. The Morgan fingerprint density at radius 1 is 1.43 bits per heavy atom. The SMILES string of the molecule is COC(=O)c1cc(CN(C)C(=O)C2=NN(C)C(=O)CC2)oc1C. The first kappa shape index (κ1) is 16.7. The van der Waals surface area contributed by atoms with Crippen molar-refractivity contribution in [1.29, 1.82) is 0 Å². The zero-order valence-corrected chi connectivity index (χ0v) is 13.6. The molecule has 2 heterocycles. The molecule has 1 aromatic heterocycles. The van der Waals surface area contributed by atoms with E-state index in [4.69, 9.17) is 4.42 Å². The summed E-state index contributed by atoms with van der Waals surface area (Å²) in [6, 6.07) is 1.56. The highest BCUT2D eigenvalue weighted by atomic mass is 16.5. The lowest BCUT2D eigenvalue weighted by atomic mass is 10.1. The molecule has 0 atom stereocenters. The number of aryl methyl sites for hydroxylation is 1. The van der Waals surface area contributed by atoms with Crippen molar-refractivity contribution in [2.75, 3.05) is 21.2 Å². The van der Waals surface area contributed by atoms with E-state index in [-0.39, 0.29) is 24.8 Å². The Kier molecular flexibility index (Phi) is 4.83. The summed E-state index contributed by atoms with van der Waals surface area (Å²) < 4.78 is 10.1. The van der Waals surface area contributed by atoms with Gasteiger partial charge in [-0.15, -0.1) is 0 Å². The summed E-state index contributed by atoms with van der Waals surface area (Å²) in [6.07, 6.45) is 0.582. The number of carbonyl (C=O) groups is 3. The van der Waals surface area contributed by atoms with E-state index in [0.717, 1.165) is 0 Å². The van der Waals surface area contributed by atoms with E-state index >= 15 is 0 Å². The van der Waals surface area contributed by atoms with Crippen LogP contribution in [-0.4, -0.2) is 54.6 Å². The zero-order chi connectivity index (χ0) is 17.1. The molecule has 0 unspecified atom stereocenters. The molecule has 0 fully saturated rings. The summed E-state index contributed by atoms with van der Waals surface area (Å²) in [5, 5.41) is 5.17. The highest BCUT2D eigenvalue weighted by molar-refractivity contribution is 6.39. The lowest BCUT2D eigenvalue weighted by molar-refractivity contribution is -0.130. The van der Waals surface area contributed by atoms with Crippen LogP contribution >= 0.6 is 0 Å². The van der Waals surface area contributed by atoms with Gasteiger partial charge in [0.1, 0.15) is 22.8 Å². The first-order valence-electron chi connectivity index (χ1n) is 7.10. The summed E-state index contributed by atoms with van der Waals surface area (Å²) in [4.78, 5) is 36.7. The lowest BCUT2D eigenvalue weighted by Crippen LogP contribution is -2.38. The molecule has 0 bridgehead atoms. The first-order valence-corrected chi connectivity index (χ1v) is 7.10. The highest BCUT2D eigenvalue weighted by Gasteiger charge is 2.25. The van der Waals surface area contributed by atoms with Gasteiger partial charge in [0, 0.05) is 26.9 Å². The minimum atomic E-state index is -0.483. The van der Waals surface area contributed by atoms with Crippen molar-refractivity contribution in [3.63, 3.8) is 0 Å². The number of hydrazone groups is 1. The Hall–Kier alpha value is -2.64. The molecule has 23 heavy (non-hydrogen) atoms. The molecular formula is C15H19N3O5. The maximum absolute atomic E-state index is 12.4. The third kappa shape index (κ3) is 3.58. The molecule has 124 valence electrons. The van der Waals surface area contributed by atoms with Gasteiger partial charge in [-0.2, -0.15) is 5.10 Å². The Bertz CT molecular complexity index is 677. The number of ether oxygens (including phenoxy) is 1. The predicted octanol–water partition coefficient (Wildman–Crippen LogP) is 0.941. The topological polar surface area (TPSA) is 92.4 Å². The normalized spacial score (nSPS) is 14.5. The number of amides is 2. The van der Waals surface area contributed by atoms with Crippen LogP contribution in [0.15, 0.2) is 15.6 Å². The van der Waals surface area contributed by atoms with Crippen LogP contribution in [-0.2, 0) is 20.9 Å². The van der Waals surface area contributed by atoms with Gasteiger partial charge in [-0.1, -0.05) is 0 Å². The number of rotatable bonds is 4. The molecule has 0 spiro atoms. The number of carbonyl (C=O) groups excluding carboxylic acids is 3. The lowest BCUT2D eigenvalue weighted by Gasteiger charge is -2.22. The minimum Gasteiger partial charge on any atom is -0.465 e. The second kappa shape index (κ2) is 6.64. The molecule has 2 amide bonds. The van der Waals surface area contributed by atoms with Gasteiger partial charge in [0.2, 0.25) is 5.91 Å². The van der Waals surface area contributed by atoms with Crippen LogP contribution in [0.1, 0.15) is 34.7 Å². The van der Waals surface area contributed by atoms with Gasteiger partial charge in [-0.3, -0.25) is 9.59 Å². The molecule has 1 aliphatic rings. The van der Waals surface area contributed by atoms with Crippen molar-refractivity contribution in [2.24, 2.45) is 5.10 Å². The van der Waals surface area contributed by atoms with E-state index in [1.807, 2.05) is 0 Å². The van der Waals surface area contributed by atoms with Gasteiger partial charge in [0.05, 0.1) is 13.7 Å². The number of hydrogen-bond acceptors (Lipinski definition) is 6. The Labute approximate surface area is 133 Å². The molecule has 8 heteroatoms. The van der Waals surface area contributed by atoms with E-state index in [1.54, 1.807) is 20.0 Å². The molecule has 8 nitrogen and oxygen atoms in total. The summed E-state index contributed by atoms with van der Waals surface area (Å²) >= 11 is 0. The van der Waals surface area contributed by atoms with Crippen molar-refractivity contribution in [3.8, 4) is 0 Å². The predicted molar refractivity (Wildman–Crippen MR) is 80.7 cm³/mol. The van der Waals surface area contributed by atoms with Crippen molar-refractivity contribution in [2.45, 2.75) is 26.3 Å². The molecule has 0 N–H and O–H groups in total. The fourth-order valence-electron chi connectivity index (χ4n) is 2.28. The molecule has 0 saturated heterocycles. The monoisotopic (exact) mass is 321 g/mol. The fourth-order valence-corrected chi connectivity index (χ4v) is 2.28. The van der Waals surface area contributed by atoms with E-state index in [2.05, 4.69) is 9.84 Å². The van der Waals surface area contributed by atoms with Gasteiger partial charge in [-0.25, -0.2) is 9.80 Å². The smallest absolute Gasteiger partial charge is 0.341 e. The van der Waals surface area contributed by atoms with Crippen LogP contribution in [0.5, 0.6) is 0 Å². The largest absolute Gasteiger partial charge is 0.465 e. The third-order valence-electron chi connectivity index (χ3n) is 3.57. The van der Waals surface area contributed by atoms with Gasteiger partial charge in [-0.05, 0) is 13.0 Å². The summed E-state index contributed by atoms with van der Waals surface area (Å²) in [5.74, 6) is 0.0301. The zero-order valence-electron chi connectivity index (χ0n) is 13.6. The summed E-state index contributed by atoms with van der Waals surface area (Å²) in [5.41, 5.74) is 0.662. The molecule has 0 radical (unpaired) electrons. The minimum absolute atomic E-state index is 0.117. The number of hydrogen-bond donors (Lipinski definition) is 0. The highest BCUT2D eigenvalue weighted by Crippen LogP contribution is 2.17. The molecule has 1 aliphatic heterocycles. The molecule has 0 aliphatic carbocycles. The van der Waals surface area contributed by atoms with Gasteiger partial charge in [0.25, 0.3) is 5.91 Å². The Balaban J connectivity index is 2.09. The van der Waals surface area contributed by atoms with Crippen LogP contribution in [0.2, 0.25) is 0 Å². The van der Waals surface area contributed by atoms with Crippen molar-refractivity contribution >= 4 is 23.5 Å². The van der Waals surface area contributed by atoms with Crippen LogP contribution < -0.4 is 0 Å². The Morgan fingerprint density at radius 2 is 2.13 bits per heavy atom. The van der Waals surface area contributed by atoms with Crippen LogP contribution in [0.4, 0.5) is 0 Å². The summed E-state index contributed by atoms with van der Waals surface area (Å²) in [6.45, 7) is 1.84. The second-order valence-corrected chi connectivity index (χ2v) is 5.30. The molecule has 2 rings (SSSR count). The van der Waals surface area contributed by atoms with Gasteiger partial charge >= 0.3 is 5.97 Å². The molecule has 1 aromatic rings. The average Bonchev–Trinajstić information content (AvgIpc) is 2.88. The van der Waals surface area contributed by atoms with Gasteiger partial charge < -0.3 is 14.1 Å². The second-order valence-electron chi connectivity index (χ2n) is 5.30. The van der Waals surface area contributed by atoms with Crippen molar-refractivity contribution in [1.82, 2.24) is 9.91 Å². The maximum Gasteiger partial charge on any atom is 0.341 e. The van der Waals surface area contributed by atoms with Gasteiger partial charge in [0.15, 0.2) is 0 Å². The molecular weight excluding hydrogens is 302 g/mol. The molecule has 0 aromatic carbocycles. The fraction of sp³-hybridized carbons (Fsp3) is 0.467. The number of nitrogens with zero attached hydrogens (tertiary/aromatic N) is 3. The average molecular weight is 321 g/mol. The number of esters is 1. The van der Waals surface area contributed by atoms with E-state index in [1.165, 1.54) is 24.1 Å². The van der Waals surface area contributed by atoms with Crippen LogP contribution in [0.25, 0.3) is 0 Å². The van der Waals surface area contributed by atoms with Crippen molar-refractivity contribution in [3.05, 3.63) is 23.2 Å². The number of methoxy groups -OCH3 is 1. The van der Waals surface area contributed by atoms with E-state index in [0.29, 0.717) is 29.2 Å². The van der Waals surface area contributed by atoms with E-state index in [9.17, 15) is 14.4 Å².